The number of benzene rings is 2. The Labute approximate surface area is 196 Å². The summed E-state index contributed by atoms with van der Waals surface area (Å²) in [7, 11) is 0. The van der Waals surface area contributed by atoms with Crippen LogP contribution in [0.4, 0.5) is 11.5 Å². The van der Waals surface area contributed by atoms with Crippen LogP contribution in [-0.2, 0) is 6.42 Å². The van der Waals surface area contributed by atoms with Crippen LogP contribution in [0.15, 0.2) is 60.8 Å². The lowest BCUT2D eigenvalue weighted by Crippen LogP contribution is -2.26. The van der Waals surface area contributed by atoms with Crippen molar-refractivity contribution in [2.45, 2.75) is 40.0 Å². The van der Waals surface area contributed by atoms with Gasteiger partial charge in [-0.15, -0.1) is 0 Å². The molecule has 2 aromatic carbocycles. The number of nitrogens with one attached hydrogen (secondary N) is 2. The zero-order valence-electron chi connectivity index (χ0n) is 19.9. The molecule has 0 aliphatic rings. The largest absolute Gasteiger partial charge is 0.490 e. The third-order valence-electron chi connectivity index (χ3n) is 5.20. The minimum atomic E-state index is -0.166. The van der Waals surface area contributed by atoms with Crippen molar-refractivity contribution in [3.63, 3.8) is 0 Å². The number of carbonyl (C=O) groups excluding carboxylic acids is 1. The fourth-order valence-electron chi connectivity index (χ4n) is 3.44. The number of anilines is 2. The van der Waals surface area contributed by atoms with Crippen LogP contribution in [0.1, 0.15) is 55.1 Å². The highest BCUT2D eigenvalue weighted by molar-refractivity contribution is 5.99. The molecule has 1 aromatic heterocycles. The van der Waals surface area contributed by atoms with Crippen LogP contribution < -0.4 is 20.1 Å². The number of amides is 1. The summed E-state index contributed by atoms with van der Waals surface area (Å²) in [6, 6.07) is 17.6. The monoisotopic (exact) mass is 447 g/mol. The second-order valence-electron chi connectivity index (χ2n) is 7.95. The molecule has 1 heterocycles. The van der Waals surface area contributed by atoms with E-state index in [0.29, 0.717) is 43.5 Å². The normalized spacial score (nSPS) is 10.7. The minimum absolute atomic E-state index is 0.166. The number of aromatic nitrogens is 1. The highest BCUT2D eigenvalue weighted by Crippen LogP contribution is 2.28. The average Bonchev–Trinajstić information content (AvgIpc) is 2.81. The zero-order chi connectivity index (χ0) is 23.6. The summed E-state index contributed by atoms with van der Waals surface area (Å²) >= 11 is 0. The Kier molecular flexibility index (Phi) is 8.70. The first-order valence-corrected chi connectivity index (χ1v) is 11.5. The zero-order valence-corrected chi connectivity index (χ0v) is 19.9. The maximum atomic E-state index is 12.9. The van der Waals surface area contributed by atoms with Gasteiger partial charge in [-0.3, -0.25) is 4.79 Å². The van der Waals surface area contributed by atoms with Crippen molar-refractivity contribution in [3.8, 4) is 11.5 Å². The predicted molar refractivity (Wildman–Crippen MR) is 133 cm³/mol. The van der Waals surface area contributed by atoms with Gasteiger partial charge in [-0.25, -0.2) is 4.98 Å². The third-order valence-corrected chi connectivity index (χ3v) is 5.20. The molecule has 2 N–H and O–H groups in total. The Hall–Kier alpha value is -3.54. The Bertz CT molecular complexity index is 1050. The molecule has 0 unspecified atom stereocenters. The molecule has 6 nitrogen and oxygen atoms in total. The van der Waals surface area contributed by atoms with Gasteiger partial charge in [0.05, 0.1) is 18.8 Å². The lowest BCUT2D eigenvalue weighted by molar-refractivity contribution is 0.0954. The Morgan fingerprint density at radius 2 is 1.70 bits per heavy atom. The molecule has 0 saturated heterocycles. The molecule has 0 saturated carbocycles. The fraction of sp³-hybridized carbons (Fsp3) is 0.333. The topological polar surface area (TPSA) is 72.5 Å². The van der Waals surface area contributed by atoms with Crippen LogP contribution in [0.5, 0.6) is 11.5 Å². The molecule has 0 bridgehead atoms. The lowest BCUT2D eigenvalue weighted by Gasteiger charge is -2.14. The van der Waals surface area contributed by atoms with Gasteiger partial charge < -0.3 is 20.1 Å². The van der Waals surface area contributed by atoms with Gasteiger partial charge in [-0.1, -0.05) is 32.0 Å². The van der Waals surface area contributed by atoms with Crippen molar-refractivity contribution in [2.75, 3.05) is 25.1 Å². The van der Waals surface area contributed by atoms with Crippen LogP contribution in [0.2, 0.25) is 0 Å². The van der Waals surface area contributed by atoms with Crippen molar-refractivity contribution >= 4 is 17.4 Å². The summed E-state index contributed by atoms with van der Waals surface area (Å²) in [4.78, 5) is 17.2. The molecule has 3 rings (SSSR count). The Morgan fingerprint density at radius 3 is 2.39 bits per heavy atom. The summed E-state index contributed by atoms with van der Waals surface area (Å²) in [6.45, 7) is 9.86. The maximum Gasteiger partial charge on any atom is 0.255 e. The Balaban J connectivity index is 1.62. The van der Waals surface area contributed by atoms with E-state index < -0.39 is 0 Å². The van der Waals surface area contributed by atoms with Gasteiger partial charge >= 0.3 is 0 Å². The smallest absolute Gasteiger partial charge is 0.255 e. The summed E-state index contributed by atoms with van der Waals surface area (Å²) < 4.78 is 11.3. The van der Waals surface area contributed by atoms with E-state index in [2.05, 4.69) is 41.6 Å². The minimum Gasteiger partial charge on any atom is -0.490 e. The van der Waals surface area contributed by atoms with Crippen LogP contribution in [-0.4, -0.2) is 30.6 Å². The van der Waals surface area contributed by atoms with E-state index in [1.54, 1.807) is 18.3 Å². The summed E-state index contributed by atoms with van der Waals surface area (Å²) in [5, 5.41) is 6.26. The van der Waals surface area contributed by atoms with E-state index in [1.807, 2.05) is 44.2 Å². The van der Waals surface area contributed by atoms with Gasteiger partial charge in [-0.05, 0) is 73.7 Å². The van der Waals surface area contributed by atoms with E-state index in [4.69, 9.17) is 9.47 Å². The van der Waals surface area contributed by atoms with E-state index in [1.165, 1.54) is 5.56 Å². The highest BCUT2D eigenvalue weighted by Gasteiger charge is 2.13. The molecule has 174 valence electrons. The van der Waals surface area contributed by atoms with E-state index >= 15 is 0 Å². The van der Waals surface area contributed by atoms with Crippen molar-refractivity contribution in [1.29, 1.82) is 0 Å². The summed E-state index contributed by atoms with van der Waals surface area (Å²) in [5.41, 5.74) is 3.73. The van der Waals surface area contributed by atoms with Gasteiger partial charge in [0.1, 0.15) is 5.82 Å². The molecule has 0 radical (unpaired) electrons. The van der Waals surface area contributed by atoms with Gasteiger partial charge in [0.15, 0.2) is 11.5 Å². The van der Waals surface area contributed by atoms with Crippen LogP contribution in [0, 0.1) is 0 Å². The van der Waals surface area contributed by atoms with Crippen molar-refractivity contribution < 1.29 is 14.3 Å². The van der Waals surface area contributed by atoms with Gasteiger partial charge in [0.2, 0.25) is 0 Å². The summed E-state index contributed by atoms with van der Waals surface area (Å²) in [5.74, 6) is 2.30. The third kappa shape index (κ3) is 6.72. The first-order valence-electron chi connectivity index (χ1n) is 11.5. The molecule has 3 aromatic rings. The number of rotatable bonds is 11. The first kappa shape index (κ1) is 24.1. The number of nitrogens with zero attached hydrogens (tertiary/aromatic N) is 1. The quantitative estimate of drug-likeness (QED) is 0.393. The second kappa shape index (κ2) is 11.9. The molecule has 33 heavy (non-hydrogen) atoms. The van der Waals surface area contributed by atoms with Crippen molar-refractivity contribution in [3.05, 3.63) is 77.5 Å². The Morgan fingerprint density at radius 1 is 0.970 bits per heavy atom. The highest BCUT2D eigenvalue weighted by atomic mass is 16.5. The van der Waals surface area contributed by atoms with Gasteiger partial charge in [0, 0.05) is 18.4 Å². The molecule has 1 amide bonds. The number of pyridine rings is 1. The van der Waals surface area contributed by atoms with Crippen LogP contribution in [0.25, 0.3) is 0 Å². The van der Waals surface area contributed by atoms with Crippen LogP contribution in [0.3, 0.4) is 0 Å². The van der Waals surface area contributed by atoms with Crippen molar-refractivity contribution in [2.24, 2.45) is 0 Å². The molecule has 0 atom stereocenters. The number of carbonyl (C=O) groups is 1. The SMILES string of the molecule is CCOc1ccc(CCNC(=O)c2cccnc2Nc2ccc(C(C)C)cc2)cc1OCC. The molecule has 0 aliphatic carbocycles. The van der Waals surface area contributed by atoms with E-state index in [0.717, 1.165) is 22.7 Å². The molecule has 0 spiro atoms. The maximum absolute atomic E-state index is 12.9. The number of ether oxygens (including phenoxy) is 2. The van der Waals surface area contributed by atoms with Crippen molar-refractivity contribution in [1.82, 2.24) is 10.3 Å². The molecule has 6 heteroatoms. The van der Waals surface area contributed by atoms with E-state index in [9.17, 15) is 4.79 Å². The van der Waals surface area contributed by atoms with Gasteiger partial charge in [-0.2, -0.15) is 0 Å². The molecular weight excluding hydrogens is 414 g/mol. The van der Waals surface area contributed by atoms with Crippen LogP contribution >= 0.6 is 0 Å². The standard InChI is InChI=1S/C27H33N3O3/c1-5-32-24-14-9-20(18-25(24)33-6-2)15-17-29-27(31)23-8-7-16-28-26(23)30-22-12-10-21(11-13-22)19(3)4/h7-14,16,18-19H,5-6,15,17H2,1-4H3,(H,28,30)(H,29,31). The lowest BCUT2D eigenvalue weighted by atomic mass is 10.0. The number of hydrogen-bond donors (Lipinski definition) is 2. The summed E-state index contributed by atoms with van der Waals surface area (Å²) in [6.07, 6.45) is 2.36. The number of hydrogen-bond acceptors (Lipinski definition) is 5. The average molecular weight is 448 g/mol. The van der Waals surface area contributed by atoms with E-state index in [-0.39, 0.29) is 5.91 Å². The molecule has 0 fully saturated rings. The molecular formula is C27H33N3O3. The van der Waals surface area contributed by atoms with Gasteiger partial charge in [0.25, 0.3) is 5.91 Å². The second-order valence-corrected chi connectivity index (χ2v) is 7.95. The predicted octanol–water partition coefficient (Wildman–Crippen LogP) is 5.72. The fourth-order valence-corrected chi connectivity index (χ4v) is 3.44. The molecule has 0 aliphatic heterocycles. The first-order chi connectivity index (χ1) is 16.0.